The van der Waals surface area contributed by atoms with E-state index in [2.05, 4.69) is 31.3 Å². The number of hydrogen-bond acceptors (Lipinski definition) is 2. The van der Waals surface area contributed by atoms with Gasteiger partial charge in [-0.1, -0.05) is 25.1 Å². The molecule has 17 heavy (non-hydrogen) atoms. The lowest BCUT2D eigenvalue weighted by Gasteiger charge is -2.21. The number of benzene rings is 1. The summed E-state index contributed by atoms with van der Waals surface area (Å²) in [5.41, 5.74) is 3.55. The molecule has 1 unspecified atom stereocenters. The molecule has 1 fully saturated rings. The monoisotopic (exact) mass is 231 g/mol. The maximum absolute atomic E-state index is 11.8. The van der Waals surface area contributed by atoms with Crippen molar-refractivity contribution in [3.63, 3.8) is 0 Å². The second-order valence-electron chi connectivity index (χ2n) is 4.54. The van der Waals surface area contributed by atoms with Gasteiger partial charge in [-0.25, -0.2) is 0 Å². The van der Waals surface area contributed by atoms with Crippen molar-refractivity contribution in [3.05, 3.63) is 34.9 Å². The number of rotatable bonds is 2. The van der Waals surface area contributed by atoms with E-state index in [1.54, 1.807) is 0 Å². The minimum atomic E-state index is -0.168. The van der Waals surface area contributed by atoms with Gasteiger partial charge < -0.3 is 0 Å². The molecule has 90 valence electrons. The molecule has 1 aliphatic heterocycles. The quantitative estimate of drug-likeness (QED) is 0.792. The second-order valence-corrected chi connectivity index (χ2v) is 4.54. The predicted octanol–water partition coefficient (Wildman–Crippen LogP) is 2.08. The van der Waals surface area contributed by atoms with E-state index < -0.39 is 0 Å². The van der Waals surface area contributed by atoms with Crippen LogP contribution in [0.2, 0.25) is 0 Å². The second kappa shape index (κ2) is 4.70. The molecule has 1 aromatic rings. The van der Waals surface area contributed by atoms with Crippen LogP contribution in [0.4, 0.5) is 0 Å². The highest BCUT2D eigenvalue weighted by molar-refractivity contribution is 6.00. The molecule has 1 aromatic carbocycles. The average molecular weight is 231 g/mol. The first-order valence-corrected chi connectivity index (χ1v) is 6.05. The van der Waals surface area contributed by atoms with Crippen molar-refractivity contribution in [1.29, 1.82) is 0 Å². The van der Waals surface area contributed by atoms with Gasteiger partial charge in [-0.2, -0.15) is 0 Å². The van der Waals surface area contributed by atoms with Gasteiger partial charge in [-0.05, 0) is 36.5 Å². The van der Waals surface area contributed by atoms with Crippen LogP contribution in [0.5, 0.6) is 0 Å². The number of carbonyl (C=O) groups excluding carboxylic acids is 2. The van der Waals surface area contributed by atoms with E-state index in [9.17, 15) is 9.59 Å². The molecule has 1 atom stereocenters. The zero-order valence-electron chi connectivity index (χ0n) is 10.2. The molecule has 0 spiro atoms. The van der Waals surface area contributed by atoms with Crippen LogP contribution in [0.3, 0.4) is 0 Å². The Morgan fingerprint density at radius 1 is 1.35 bits per heavy atom. The highest BCUT2D eigenvalue weighted by atomic mass is 16.2. The van der Waals surface area contributed by atoms with E-state index in [1.807, 2.05) is 6.07 Å². The zero-order chi connectivity index (χ0) is 12.4. The van der Waals surface area contributed by atoms with Crippen molar-refractivity contribution < 1.29 is 9.59 Å². The van der Waals surface area contributed by atoms with E-state index in [0.717, 1.165) is 12.0 Å². The molecular formula is C14H17NO2. The van der Waals surface area contributed by atoms with E-state index in [-0.39, 0.29) is 17.7 Å². The van der Waals surface area contributed by atoms with Crippen molar-refractivity contribution in [2.75, 3.05) is 0 Å². The minimum absolute atomic E-state index is 0.158. The van der Waals surface area contributed by atoms with Gasteiger partial charge in [0, 0.05) is 6.42 Å². The number of nitrogens with one attached hydrogen (secondary N) is 1. The fraction of sp³-hybridized carbons (Fsp3) is 0.429. The lowest BCUT2D eigenvalue weighted by molar-refractivity contribution is -0.134. The van der Waals surface area contributed by atoms with Crippen LogP contribution in [0, 0.1) is 6.92 Å². The highest BCUT2D eigenvalue weighted by Crippen LogP contribution is 2.26. The standard InChI is InChI=1S/C14H17NO2/c1-3-10-8-11(5-4-9(10)2)12-6-7-13(16)15-14(12)17/h4-5,8,12H,3,6-7H2,1-2H3,(H,15,16,17). The number of amides is 2. The molecule has 2 rings (SSSR count). The Labute approximate surface area is 101 Å². The summed E-state index contributed by atoms with van der Waals surface area (Å²) in [6.45, 7) is 4.18. The maximum Gasteiger partial charge on any atom is 0.234 e. The molecule has 3 nitrogen and oxygen atoms in total. The van der Waals surface area contributed by atoms with E-state index in [0.29, 0.717) is 12.8 Å². The normalized spacial score (nSPS) is 20.2. The third kappa shape index (κ3) is 2.38. The largest absolute Gasteiger partial charge is 0.296 e. The van der Waals surface area contributed by atoms with Gasteiger partial charge in [0.25, 0.3) is 0 Å². The summed E-state index contributed by atoms with van der Waals surface area (Å²) in [4.78, 5) is 22.9. The fourth-order valence-electron chi connectivity index (χ4n) is 2.30. The van der Waals surface area contributed by atoms with Gasteiger partial charge >= 0.3 is 0 Å². The first-order chi connectivity index (χ1) is 8.11. The van der Waals surface area contributed by atoms with E-state index >= 15 is 0 Å². The number of aryl methyl sites for hydroxylation is 2. The lowest BCUT2D eigenvalue weighted by Crippen LogP contribution is -2.39. The Morgan fingerprint density at radius 3 is 2.76 bits per heavy atom. The number of hydrogen-bond donors (Lipinski definition) is 1. The summed E-state index contributed by atoms with van der Waals surface area (Å²) in [7, 11) is 0. The Bertz CT molecular complexity index is 465. The Balaban J connectivity index is 2.28. The number of piperidine rings is 1. The Hall–Kier alpha value is -1.64. The van der Waals surface area contributed by atoms with Crippen LogP contribution in [-0.4, -0.2) is 11.8 Å². The molecule has 0 aliphatic carbocycles. The van der Waals surface area contributed by atoms with E-state index in [1.165, 1.54) is 11.1 Å². The van der Waals surface area contributed by atoms with Crippen molar-refractivity contribution in [3.8, 4) is 0 Å². The van der Waals surface area contributed by atoms with Crippen LogP contribution in [0.1, 0.15) is 42.4 Å². The molecule has 1 aliphatic rings. The molecule has 2 amide bonds. The first kappa shape index (κ1) is 11.8. The van der Waals surface area contributed by atoms with Crippen LogP contribution in [-0.2, 0) is 16.0 Å². The van der Waals surface area contributed by atoms with Crippen LogP contribution < -0.4 is 5.32 Å². The predicted molar refractivity (Wildman–Crippen MR) is 65.7 cm³/mol. The number of carbonyl (C=O) groups is 2. The van der Waals surface area contributed by atoms with Crippen molar-refractivity contribution >= 4 is 11.8 Å². The van der Waals surface area contributed by atoms with Crippen LogP contribution in [0.15, 0.2) is 18.2 Å². The Morgan fingerprint density at radius 2 is 2.12 bits per heavy atom. The van der Waals surface area contributed by atoms with Crippen molar-refractivity contribution in [2.24, 2.45) is 0 Å². The van der Waals surface area contributed by atoms with Gasteiger partial charge in [0.05, 0.1) is 5.92 Å². The molecule has 1 N–H and O–H groups in total. The molecule has 3 heteroatoms. The van der Waals surface area contributed by atoms with Crippen molar-refractivity contribution in [1.82, 2.24) is 5.32 Å². The molecule has 0 saturated carbocycles. The van der Waals surface area contributed by atoms with Gasteiger partial charge in [0.1, 0.15) is 0 Å². The summed E-state index contributed by atoms with van der Waals surface area (Å²) >= 11 is 0. The molecule has 1 heterocycles. The lowest BCUT2D eigenvalue weighted by atomic mass is 9.88. The van der Waals surface area contributed by atoms with Gasteiger partial charge in [0.2, 0.25) is 11.8 Å². The SMILES string of the molecule is CCc1cc(C2CCC(=O)NC2=O)ccc1C. The zero-order valence-corrected chi connectivity index (χ0v) is 10.2. The molecular weight excluding hydrogens is 214 g/mol. The molecule has 0 aromatic heterocycles. The van der Waals surface area contributed by atoms with Crippen molar-refractivity contribution in [2.45, 2.75) is 39.0 Å². The summed E-state index contributed by atoms with van der Waals surface area (Å²) in [5.74, 6) is -0.486. The van der Waals surface area contributed by atoms with Crippen LogP contribution >= 0.6 is 0 Å². The fourth-order valence-corrected chi connectivity index (χ4v) is 2.30. The van der Waals surface area contributed by atoms with Gasteiger partial charge in [0.15, 0.2) is 0 Å². The van der Waals surface area contributed by atoms with Crippen LogP contribution in [0.25, 0.3) is 0 Å². The van der Waals surface area contributed by atoms with E-state index in [4.69, 9.17) is 0 Å². The third-order valence-electron chi connectivity index (χ3n) is 3.40. The molecule has 0 bridgehead atoms. The number of imide groups is 1. The van der Waals surface area contributed by atoms with Gasteiger partial charge in [-0.15, -0.1) is 0 Å². The summed E-state index contributed by atoms with van der Waals surface area (Å²) in [6.07, 6.45) is 2.02. The topological polar surface area (TPSA) is 46.2 Å². The minimum Gasteiger partial charge on any atom is -0.296 e. The molecule has 1 saturated heterocycles. The summed E-state index contributed by atoms with van der Waals surface area (Å²) in [6, 6.07) is 6.14. The van der Waals surface area contributed by atoms with Gasteiger partial charge in [-0.3, -0.25) is 14.9 Å². The maximum atomic E-state index is 11.8. The smallest absolute Gasteiger partial charge is 0.234 e. The summed E-state index contributed by atoms with van der Waals surface area (Å²) < 4.78 is 0. The Kier molecular flexibility index (Phi) is 3.27. The third-order valence-corrected chi connectivity index (χ3v) is 3.40. The molecule has 0 radical (unpaired) electrons. The highest BCUT2D eigenvalue weighted by Gasteiger charge is 2.27. The summed E-state index contributed by atoms with van der Waals surface area (Å²) in [5, 5.41) is 2.40. The first-order valence-electron chi connectivity index (χ1n) is 6.05. The average Bonchev–Trinajstić information content (AvgIpc) is 2.30.